The first-order valence-corrected chi connectivity index (χ1v) is 5.94. The molecule has 0 amide bonds. The summed E-state index contributed by atoms with van der Waals surface area (Å²) in [6.45, 7) is 1.53. The summed E-state index contributed by atoms with van der Waals surface area (Å²) in [5.74, 6) is 1.43. The van der Waals surface area contributed by atoms with Crippen molar-refractivity contribution in [2.45, 2.75) is 58.0 Å². The van der Waals surface area contributed by atoms with E-state index in [4.69, 9.17) is 4.74 Å². The molecule has 0 N–H and O–H groups in total. The van der Waals surface area contributed by atoms with E-state index in [-0.39, 0.29) is 12.1 Å². The number of hydrogen-bond donors (Lipinski definition) is 0. The predicted molar refractivity (Wildman–Crippen MR) is 54.9 cm³/mol. The van der Waals surface area contributed by atoms with E-state index in [0.717, 1.165) is 12.3 Å². The molecule has 2 aliphatic rings. The molecule has 0 bridgehead atoms. The van der Waals surface area contributed by atoms with Crippen LogP contribution in [0.3, 0.4) is 0 Å². The van der Waals surface area contributed by atoms with Gasteiger partial charge in [-0.25, -0.2) is 0 Å². The van der Waals surface area contributed by atoms with Crippen LogP contribution in [0.4, 0.5) is 0 Å². The second-order valence-electron chi connectivity index (χ2n) is 4.79. The molecule has 14 heavy (non-hydrogen) atoms. The summed E-state index contributed by atoms with van der Waals surface area (Å²) < 4.78 is 5.42. The molecule has 2 aliphatic carbocycles. The number of fused-ring (bicyclic) bond motifs is 1. The van der Waals surface area contributed by atoms with Crippen LogP contribution >= 0.6 is 0 Å². The Morgan fingerprint density at radius 2 is 1.79 bits per heavy atom. The first kappa shape index (κ1) is 10.0. The lowest BCUT2D eigenvalue weighted by molar-refractivity contribution is -0.153. The highest BCUT2D eigenvalue weighted by Crippen LogP contribution is 2.41. The number of hydrogen-bond acceptors (Lipinski definition) is 2. The maximum Gasteiger partial charge on any atom is 0.302 e. The lowest BCUT2D eigenvalue weighted by Crippen LogP contribution is -2.37. The number of esters is 1. The fraction of sp³-hybridized carbons (Fsp3) is 0.917. The van der Waals surface area contributed by atoms with E-state index in [1.54, 1.807) is 0 Å². The molecule has 0 radical (unpaired) electrons. The Morgan fingerprint density at radius 3 is 2.57 bits per heavy atom. The molecule has 0 aromatic rings. The minimum atomic E-state index is -0.0961. The fourth-order valence-corrected chi connectivity index (χ4v) is 3.24. The van der Waals surface area contributed by atoms with Crippen molar-refractivity contribution >= 4 is 5.97 Å². The van der Waals surface area contributed by atoms with Gasteiger partial charge in [-0.1, -0.05) is 19.3 Å². The second kappa shape index (κ2) is 4.33. The zero-order valence-electron chi connectivity index (χ0n) is 9.00. The minimum Gasteiger partial charge on any atom is -0.462 e. The van der Waals surface area contributed by atoms with Crippen LogP contribution in [-0.4, -0.2) is 12.1 Å². The van der Waals surface area contributed by atoms with Gasteiger partial charge in [-0.15, -0.1) is 0 Å². The Labute approximate surface area is 86.0 Å². The molecule has 2 heteroatoms. The third-order valence-electron chi connectivity index (χ3n) is 3.83. The van der Waals surface area contributed by atoms with E-state index < -0.39 is 0 Å². The van der Waals surface area contributed by atoms with Crippen molar-refractivity contribution in [1.82, 2.24) is 0 Å². The highest BCUT2D eigenvalue weighted by molar-refractivity contribution is 5.66. The maximum absolute atomic E-state index is 11.0. The van der Waals surface area contributed by atoms with Crippen LogP contribution in [0.2, 0.25) is 0 Å². The molecular formula is C12H20O2. The van der Waals surface area contributed by atoms with Gasteiger partial charge in [-0.2, -0.15) is 0 Å². The van der Waals surface area contributed by atoms with Crippen LogP contribution < -0.4 is 0 Å². The van der Waals surface area contributed by atoms with Gasteiger partial charge in [-0.05, 0) is 37.5 Å². The number of carbonyl (C=O) groups is 1. The van der Waals surface area contributed by atoms with Gasteiger partial charge in [0.25, 0.3) is 0 Å². The van der Waals surface area contributed by atoms with Gasteiger partial charge in [0, 0.05) is 6.92 Å². The van der Waals surface area contributed by atoms with E-state index in [0.29, 0.717) is 5.92 Å². The summed E-state index contributed by atoms with van der Waals surface area (Å²) in [4.78, 5) is 11.0. The van der Waals surface area contributed by atoms with Gasteiger partial charge in [0.05, 0.1) is 0 Å². The van der Waals surface area contributed by atoms with Crippen LogP contribution in [-0.2, 0) is 9.53 Å². The van der Waals surface area contributed by atoms with Crippen molar-refractivity contribution < 1.29 is 9.53 Å². The number of ether oxygens (including phenoxy) is 1. The predicted octanol–water partition coefficient (Wildman–Crippen LogP) is 2.91. The molecule has 0 saturated heterocycles. The molecule has 0 aromatic carbocycles. The summed E-state index contributed by atoms with van der Waals surface area (Å²) >= 11 is 0. The largest absolute Gasteiger partial charge is 0.462 e. The molecule has 0 aliphatic heterocycles. The van der Waals surface area contributed by atoms with Crippen molar-refractivity contribution in [1.29, 1.82) is 0 Å². The molecule has 2 saturated carbocycles. The lowest BCUT2D eigenvalue weighted by Gasteiger charge is -2.40. The quantitative estimate of drug-likeness (QED) is 0.603. The third kappa shape index (κ3) is 2.10. The first-order chi connectivity index (χ1) is 6.77. The van der Waals surface area contributed by atoms with Gasteiger partial charge in [0.15, 0.2) is 0 Å². The standard InChI is InChI=1S/C12H20O2/c1-9(13)14-12-8-4-6-10-5-2-3-7-11(10)12/h10-12H,2-8H2,1H3/t10?,11?,12-/m1/s1. The molecule has 80 valence electrons. The monoisotopic (exact) mass is 196 g/mol. The minimum absolute atomic E-state index is 0.0961. The zero-order chi connectivity index (χ0) is 9.97. The fourth-order valence-electron chi connectivity index (χ4n) is 3.24. The average Bonchev–Trinajstić information content (AvgIpc) is 2.18. The molecule has 3 atom stereocenters. The normalized spacial score (nSPS) is 37.4. The molecular weight excluding hydrogens is 176 g/mol. The van der Waals surface area contributed by atoms with Gasteiger partial charge >= 0.3 is 5.97 Å². The molecule has 0 aromatic heterocycles. The van der Waals surface area contributed by atoms with E-state index in [9.17, 15) is 4.79 Å². The van der Waals surface area contributed by atoms with Crippen molar-refractivity contribution in [3.8, 4) is 0 Å². The Balaban J connectivity index is 1.97. The summed E-state index contributed by atoms with van der Waals surface area (Å²) in [5.41, 5.74) is 0. The smallest absolute Gasteiger partial charge is 0.302 e. The number of rotatable bonds is 1. The Hall–Kier alpha value is -0.530. The van der Waals surface area contributed by atoms with E-state index in [1.807, 2.05) is 0 Å². The van der Waals surface area contributed by atoms with E-state index in [2.05, 4.69) is 0 Å². The first-order valence-electron chi connectivity index (χ1n) is 5.94. The highest BCUT2D eigenvalue weighted by atomic mass is 16.5. The Kier molecular flexibility index (Phi) is 3.09. The van der Waals surface area contributed by atoms with Gasteiger partial charge in [0.1, 0.15) is 6.10 Å². The van der Waals surface area contributed by atoms with Crippen LogP contribution in [0, 0.1) is 11.8 Å². The SMILES string of the molecule is CC(=O)O[C@@H]1CCCC2CCCCC21. The van der Waals surface area contributed by atoms with Crippen LogP contribution in [0.25, 0.3) is 0 Å². The van der Waals surface area contributed by atoms with Crippen LogP contribution in [0.15, 0.2) is 0 Å². The second-order valence-corrected chi connectivity index (χ2v) is 4.79. The Bertz CT molecular complexity index is 210. The summed E-state index contributed by atoms with van der Waals surface area (Å²) in [6.07, 6.45) is 9.31. The summed E-state index contributed by atoms with van der Waals surface area (Å²) in [5, 5.41) is 0. The molecule has 2 rings (SSSR count). The third-order valence-corrected chi connectivity index (χ3v) is 3.83. The van der Waals surface area contributed by atoms with Gasteiger partial charge in [-0.3, -0.25) is 4.79 Å². The number of carbonyl (C=O) groups excluding carboxylic acids is 1. The molecule has 2 unspecified atom stereocenters. The summed E-state index contributed by atoms with van der Waals surface area (Å²) in [7, 11) is 0. The van der Waals surface area contributed by atoms with Crippen LogP contribution in [0.1, 0.15) is 51.9 Å². The topological polar surface area (TPSA) is 26.3 Å². The van der Waals surface area contributed by atoms with E-state index >= 15 is 0 Å². The Morgan fingerprint density at radius 1 is 1.07 bits per heavy atom. The van der Waals surface area contributed by atoms with Crippen molar-refractivity contribution in [3.05, 3.63) is 0 Å². The average molecular weight is 196 g/mol. The molecule has 2 fully saturated rings. The van der Waals surface area contributed by atoms with Crippen LogP contribution in [0.5, 0.6) is 0 Å². The molecule has 2 nitrogen and oxygen atoms in total. The zero-order valence-corrected chi connectivity index (χ0v) is 9.00. The van der Waals surface area contributed by atoms with Crippen molar-refractivity contribution in [2.75, 3.05) is 0 Å². The van der Waals surface area contributed by atoms with E-state index in [1.165, 1.54) is 45.4 Å². The molecule has 0 heterocycles. The molecule has 0 spiro atoms. The van der Waals surface area contributed by atoms with Gasteiger partial charge in [0.2, 0.25) is 0 Å². The van der Waals surface area contributed by atoms with Crippen molar-refractivity contribution in [2.24, 2.45) is 11.8 Å². The van der Waals surface area contributed by atoms with Gasteiger partial charge < -0.3 is 4.74 Å². The highest BCUT2D eigenvalue weighted by Gasteiger charge is 2.36. The lowest BCUT2D eigenvalue weighted by atomic mass is 9.69. The van der Waals surface area contributed by atoms with Crippen molar-refractivity contribution in [3.63, 3.8) is 0 Å². The maximum atomic E-state index is 11.0. The summed E-state index contributed by atoms with van der Waals surface area (Å²) in [6, 6.07) is 0.